The molecule has 0 radical (unpaired) electrons. The Hall–Kier alpha value is -2.83. The van der Waals surface area contributed by atoms with E-state index in [4.69, 9.17) is 9.15 Å². The fourth-order valence-corrected chi connectivity index (χ4v) is 3.75. The largest absolute Gasteiger partial charge is 0.459 e. The Labute approximate surface area is 177 Å². The molecule has 0 bridgehead atoms. The molecule has 30 heavy (non-hydrogen) atoms. The quantitative estimate of drug-likeness (QED) is 0.666. The number of amides is 2. The van der Waals surface area contributed by atoms with Crippen molar-refractivity contribution in [3.63, 3.8) is 0 Å². The topological polar surface area (TPSA) is 58.0 Å². The summed E-state index contributed by atoms with van der Waals surface area (Å²) >= 11 is 0. The molecule has 3 aromatic rings. The summed E-state index contributed by atoms with van der Waals surface area (Å²) in [6.45, 7) is 6.80. The summed E-state index contributed by atoms with van der Waals surface area (Å²) < 4.78 is 11.4. The summed E-state index contributed by atoms with van der Waals surface area (Å²) in [7, 11) is 1.80. The maximum atomic E-state index is 12.8. The molecule has 0 aliphatic carbocycles. The molecule has 2 amide bonds. The van der Waals surface area contributed by atoms with Crippen molar-refractivity contribution in [3.05, 3.63) is 71.5 Å². The van der Waals surface area contributed by atoms with Gasteiger partial charge >= 0.3 is 6.03 Å². The van der Waals surface area contributed by atoms with Crippen molar-refractivity contribution in [2.45, 2.75) is 26.1 Å². The number of rotatable bonds is 6. The van der Waals surface area contributed by atoms with Gasteiger partial charge in [-0.3, -0.25) is 4.90 Å². The van der Waals surface area contributed by atoms with Gasteiger partial charge in [-0.15, -0.1) is 0 Å². The average Bonchev–Trinajstić information content (AvgIpc) is 3.22. The van der Waals surface area contributed by atoms with Crippen LogP contribution in [0.5, 0.6) is 0 Å². The van der Waals surface area contributed by atoms with Gasteiger partial charge in [-0.1, -0.05) is 42.5 Å². The molecule has 1 aliphatic heterocycles. The Morgan fingerprint density at radius 1 is 1.10 bits per heavy atom. The number of carbonyl (C=O) groups excluding carboxylic acids is 1. The molecule has 1 saturated heterocycles. The van der Waals surface area contributed by atoms with Crippen LogP contribution in [0.25, 0.3) is 11.0 Å². The van der Waals surface area contributed by atoms with Crippen molar-refractivity contribution < 1.29 is 13.9 Å². The van der Waals surface area contributed by atoms with Crippen LogP contribution >= 0.6 is 0 Å². The van der Waals surface area contributed by atoms with Crippen LogP contribution in [0.1, 0.15) is 29.9 Å². The Morgan fingerprint density at radius 3 is 2.57 bits per heavy atom. The van der Waals surface area contributed by atoms with Crippen molar-refractivity contribution in [1.29, 1.82) is 0 Å². The van der Waals surface area contributed by atoms with E-state index in [0.717, 1.165) is 55.1 Å². The standard InChI is InChI=1S/C24H29N3O3/c1-18(23-15-19-7-5-6-10-22(19)30-23)26(2)24(28)25-16-20-8-3-4-9-21(20)17-27-11-13-29-14-12-27/h3-10,15,18H,11-14,16-17H2,1-2H3,(H,25,28)/t18-/m0/s1. The van der Waals surface area contributed by atoms with Crippen LogP contribution < -0.4 is 5.32 Å². The normalized spacial score (nSPS) is 15.8. The van der Waals surface area contributed by atoms with Crippen LogP contribution in [0.3, 0.4) is 0 Å². The molecule has 1 aromatic heterocycles. The van der Waals surface area contributed by atoms with E-state index < -0.39 is 0 Å². The number of benzene rings is 2. The first-order valence-electron chi connectivity index (χ1n) is 10.5. The van der Waals surface area contributed by atoms with E-state index in [1.807, 2.05) is 43.3 Å². The number of furan rings is 1. The monoisotopic (exact) mass is 407 g/mol. The van der Waals surface area contributed by atoms with Crippen molar-refractivity contribution >= 4 is 17.0 Å². The molecule has 0 saturated carbocycles. The highest BCUT2D eigenvalue weighted by Crippen LogP contribution is 2.26. The van der Waals surface area contributed by atoms with Crippen LogP contribution in [0.15, 0.2) is 59.0 Å². The fourth-order valence-electron chi connectivity index (χ4n) is 3.75. The highest BCUT2D eigenvalue weighted by molar-refractivity contribution is 5.78. The minimum Gasteiger partial charge on any atom is -0.459 e. The minimum absolute atomic E-state index is 0.121. The molecule has 4 rings (SSSR count). The molecule has 0 unspecified atom stereocenters. The Kier molecular flexibility index (Phi) is 6.35. The minimum atomic E-state index is -0.166. The molecule has 1 N–H and O–H groups in total. The van der Waals surface area contributed by atoms with Crippen LogP contribution in [0, 0.1) is 0 Å². The number of urea groups is 1. The lowest BCUT2D eigenvalue weighted by atomic mass is 10.1. The second kappa shape index (κ2) is 9.32. The zero-order valence-electron chi connectivity index (χ0n) is 17.6. The first kappa shape index (κ1) is 20.4. The maximum absolute atomic E-state index is 12.8. The molecule has 0 spiro atoms. The highest BCUT2D eigenvalue weighted by Gasteiger charge is 2.21. The van der Waals surface area contributed by atoms with Gasteiger partial charge in [0.25, 0.3) is 0 Å². The molecular weight excluding hydrogens is 378 g/mol. The summed E-state index contributed by atoms with van der Waals surface area (Å²) in [4.78, 5) is 16.9. The van der Waals surface area contributed by atoms with Gasteiger partial charge in [-0.25, -0.2) is 4.79 Å². The maximum Gasteiger partial charge on any atom is 0.318 e. The number of nitrogens with zero attached hydrogens (tertiary/aromatic N) is 2. The van der Waals surface area contributed by atoms with Crippen molar-refractivity contribution in [2.24, 2.45) is 0 Å². The molecule has 6 heteroatoms. The summed E-state index contributed by atoms with van der Waals surface area (Å²) in [5, 5.41) is 4.11. The molecule has 2 aromatic carbocycles. The summed E-state index contributed by atoms with van der Waals surface area (Å²) in [5.41, 5.74) is 3.22. The van der Waals surface area contributed by atoms with Gasteiger partial charge in [-0.2, -0.15) is 0 Å². The molecule has 158 valence electrons. The van der Waals surface area contributed by atoms with E-state index in [1.54, 1.807) is 11.9 Å². The molecule has 1 aliphatic rings. The van der Waals surface area contributed by atoms with Gasteiger partial charge in [0.05, 0.1) is 19.3 Å². The molecule has 6 nitrogen and oxygen atoms in total. The van der Waals surface area contributed by atoms with E-state index in [-0.39, 0.29) is 12.1 Å². The number of para-hydroxylation sites is 1. The predicted molar refractivity (Wildman–Crippen MR) is 117 cm³/mol. The van der Waals surface area contributed by atoms with E-state index in [2.05, 4.69) is 28.4 Å². The summed E-state index contributed by atoms with van der Waals surface area (Å²) in [6.07, 6.45) is 0. The zero-order chi connectivity index (χ0) is 20.9. The SMILES string of the molecule is C[C@@H](c1cc2ccccc2o1)N(C)C(=O)NCc1ccccc1CN1CCOCC1. The number of hydrogen-bond acceptors (Lipinski definition) is 4. The number of fused-ring (bicyclic) bond motifs is 1. The van der Waals surface area contributed by atoms with Crippen LogP contribution in [-0.4, -0.2) is 49.2 Å². The van der Waals surface area contributed by atoms with Crippen molar-refractivity contribution in [3.8, 4) is 0 Å². The highest BCUT2D eigenvalue weighted by atomic mass is 16.5. The Bertz CT molecular complexity index is 961. The lowest BCUT2D eigenvalue weighted by molar-refractivity contribution is 0.0340. The molecular formula is C24H29N3O3. The predicted octanol–water partition coefficient (Wildman–Crippen LogP) is 4.17. The lowest BCUT2D eigenvalue weighted by Gasteiger charge is -2.28. The zero-order valence-corrected chi connectivity index (χ0v) is 17.6. The fraction of sp³-hybridized carbons (Fsp3) is 0.375. The first-order chi connectivity index (χ1) is 14.6. The van der Waals surface area contributed by atoms with Crippen molar-refractivity contribution in [2.75, 3.05) is 33.4 Å². The summed E-state index contributed by atoms with van der Waals surface area (Å²) in [6, 6.07) is 17.9. The third-order valence-corrected chi connectivity index (χ3v) is 5.80. The second-order valence-electron chi connectivity index (χ2n) is 7.79. The van der Waals surface area contributed by atoms with Gasteiger partial charge in [0.15, 0.2) is 0 Å². The smallest absolute Gasteiger partial charge is 0.318 e. The van der Waals surface area contributed by atoms with E-state index in [9.17, 15) is 4.79 Å². The van der Waals surface area contributed by atoms with E-state index in [1.165, 1.54) is 5.56 Å². The molecule has 1 fully saturated rings. The number of nitrogens with one attached hydrogen (secondary N) is 1. The Morgan fingerprint density at radius 2 is 1.80 bits per heavy atom. The van der Waals surface area contributed by atoms with Gasteiger partial charge in [0.2, 0.25) is 0 Å². The summed E-state index contributed by atoms with van der Waals surface area (Å²) in [5.74, 6) is 0.779. The third kappa shape index (κ3) is 4.66. The van der Waals surface area contributed by atoms with E-state index >= 15 is 0 Å². The van der Waals surface area contributed by atoms with Gasteiger partial charge in [0.1, 0.15) is 11.3 Å². The number of hydrogen-bond donors (Lipinski definition) is 1. The van der Waals surface area contributed by atoms with Crippen LogP contribution in [-0.2, 0) is 17.8 Å². The third-order valence-electron chi connectivity index (χ3n) is 5.80. The van der Waals surface area contributed by atoms with Gasteiger partial charge < -0.3 is 19.4 Å². The number of ether oxygens (including phenoxy) is 1. The number of morpholine rings is 1. The first-order valence-corrected chi connectivity index (χ1v) is 10.5. The van der Waals surface area contributed by atoms with Gasteiger partial charge in [0, 0.05) is 38.6 Å². The van der Waals surface area contributed by atoms with Crippen molar-refractivity contribution in [1.82, 2.24) is 15.1 Å². The van der Waals surface area contributed by atoms with Crippen LogP contribution in [0.2, 0.25) is 0 Å². The Balaban J connectivity index is 1.38. The van der Waals surface area contributed by atoms with Gasteiger partial charge in [-0.05, 0) is 30.2 Å². The second-order valence-corrected chi connectivity index (χ2v) is 7.79. The molecule has 2 heterocycles. The average molecular weight is 408 g/mol. The number of carbonyl (C=O) groups is 1. The lowest BCUT2D eigenvalue weighted by Crippen LogP contribution is -2.39. The molecule has 1 atom stereocenters. The van der Waals surface area contributed by atoms with E-state index in [0.29, 0.717) is 6.54 Å². The van der Waals surface area contributed by atoms with Crippen LogP contribution in [0.4, 0.5) is 4.79 Å².